The SMILES string of the molecule is CCC1CCCCN1C(=O)C(=O)c1c[nH]c2ccc(Cl)cc12. The zero-order valence-corrected chi connectivity index (χ0v) is 13.3. The summed E-state index contributed by atoms with van der Waals surface area (Å²) in [5.41, 5.74) is 1.22. The van der Waals surface area contributed by atoms with Crippen molar-refractivity contribution in [1.29, 1.82) is 0 Å². The third-order valence-electron chi connectivity index (χ3n) is 4.44. The van der Waals surface area contributed by atoms with Crippen LogP contribution in [0.5, 0.6) is 0 Å². The van der Waals surface area contributed by atoms with Crippen molar-refractivity contribution in [2.45, 2.75) is 38.6 Å². The number of benzene rings is 1. The molecule has 1 atom stereocenters. The highest BCUT2D eigenvalue weighted by molar-refractivity contribution is 6.45. The molecule has 1 saturated heterocycles. The fraction of sp³-hybridized carbons (Fsp3) is 0.412. The minimum atomic E-state index is -0.450. The minimum absolute atomic E-state index is 0.180. The number of carbonyl (C=O) groups excluding carboxylic acids is 2. The largest absolute Gasteiger partial charge is 0.360 e. The summed E-state index contributed by atoms with van der Waals surface area (Å²) in [5, 5.41) is 1.26. The first-order valence-electron chi connectivity index (χ1n) is 7.73. The van der Waals surface area contributed by atoms with Crippen LogP contribution in [0.3, 0.4) is 0 Å². The summed E-state index contributed by atoms with van der Waals surface area (Å²) in [4.78, 5) is 30.0. The molecule has 1 N–H and O–H groups in total. The summed E-state index contributed by atoms with van der Waals surface area (Å²) in [5.74, 6) is -0.846. The number of hydrogen-bond donors (Lipinski definition) is 1. The molecule has 1 aliphatic rings. The number of carbonyl (C=O) groups is 2. The summed E-state index contributed by atoms with van der Waals surface area (Å²) in [6.07, 6.45) is 5.56. The Morgan fingerprint density at radius 1 is 1.36 bits per heavy atom. The summed E-state index contributed by atoms with van der Waals surface area (Å²) in [6.45, 7) is 2.73. The quantitative estimate of drug-likeness (QED) is 0.691. The Kier molecular flexibility index (Phi) is 4.21. The molecule has 3 rings (SSSR count). The Bertz CT molecular complexity index is 723. The molecular formula is C17H19ClN2O2. The Morgan fingerprint density at radius 3 is 2.95 bits per heavy atom. The number of aromatic nitrogens is 1. The molecule has 0 spiro atoms. The second-order valence-corrected chi connectivity index (χ2v) is 6.21. The van der Waals surface area contributed by atoms with E-state index in [1.54, 1.807) is 23.2 Å². The van der Waals surface area contributed by atoms with Gasteiger partial charge < -0.3 is 9.88 Å². The normalized spacial score (nSPS) is 18.6. The van der Waals surface area contributed by atoms with Gasteiger partial charge in [0.05, 0.1) is 5.56 Å². The van der Waals surface area contributed by atoms with Crippen LogP contribution >= 0.6 is 11.6 Å². The number of aromatic amines is 1. The van der Waals surface area contributed by atoms with Crippen LogP contribution in [0.25, 0.3) is 10.9 Å². The lowest BCUT2D eigenvalue weighted by Gasteiger charge is -2.34. The Morgan fingerprint density at radius 2 is 2.18 bits per heavy atom. The molecule has 1 aromatic carbocycles. The van der Waals surface area contributed by atoms with Crippen molar-refractivity contribution in [2.75, 3.05) is 6.54 Å². The first-order valence-corrected chi connectivity index (χ1v) is 8.11. The summed E-state index contributed by atoms with van der Waals surface area (Å²) < 4.78 is 0. The van der Waals surface area contributed by atoms with Crippen molar-refractivity contribution in [1.82, 2.24) is 9.88 Å². The van der Waals surface area contributed by atoms with Crippen LogP contribution in [0.4, 0.5) is 0 Å². The van der Waals surface area contributed by atoms with Gasteiger partial charge in [0, 0.05) is 34.7 Å². The third-order valence-corrected chi connectivity index (χ3v) is 4.68. The molecular weight excluding hydrogens is 300 g/mol. The highest BCUT2D eigenvalue weighted by atomic mass is 35.5. The summed E-state index contributed by atoms with van der Waals surface area (Å²) in [6, 6.07) is 5.48. The Labute approximate surface area is 134 Å². The van der Waals surface area contributed by atoms with Crippen molar-refractivity contribution in [3.63, 3.8) is 0 Å². The maximum absolute atomic E-state index is 12.6. The van der Waals surface area contributed by atoms with Gasteiger partial charge >= 0.3 is 0 Å². The number of likely N-dealkylation sites (tertiary alicyclic amines) is 1. The molecule has 116 valence electrons. The number of ketones is 1. The number of H-pyrrole nitrogens is 1. The monoisotopic (exact) mass is 318 g/mol. The molecule has 1 unspecified atom stereocenters. The van der Waals surface area contributed by atoms with Gasteiger partial charge in [0.25, 0.3) is 11.7 Å². The number of fused-ring (bicyclic) bond motifs is 1. The molecule has 22 heavy (non-hydrogen) atoms. The molecule has 1 fully saturated rings. The van der Waals surface area contributed by atoms with E-state index in [4.69, 9.17) is 11.6 Å². The lowest BCUT2D eigenvalue weighted by atomic mass is 9.98. The topological polar surface area (TPSA) is 53.2 Å². The van der Waals surface area contributed by atoms with Gasteiger partial charge in [0.15, 0.2) is 0 Å². The van der Waals surface area contributed by atoms with Crippen LogP contribution in [0.15, 0.2) is 24.4 Å². The summed E-state index contributed by atoms with van der Waals surface area (Å²) >= 11 is 6.01. The van der Waals surface area contributed by atoms with Crippen molar-refractivity contribution >= 4 is 34.2 Å². The number of piperidine rings is 1. The van der Waals surface area contributed by atoms with Gasteiger partial charge in [-0.15, -0.1) is 0 Å². The fourth-order valence-electron chi connectivity index (χ4n) is 3.22. The van der Waals surface area contributed by atoms with Crippen LogP contribution in [0, 0.1) is 0 Å². The number of hydrogen-bond acceptors (Lipinski definition) is 2. The highest BCUT2D eigenvalue weighted by Gasteiger charge is 2.31. The van der Waals surface area contributed by atoms with Crippen molar-refractivity contribution in [2.24, 2.45) is 0 Å². The van der Waals surface area contributed by atoms with Crippen LogP contribution < -0.4 is 0 Å². The molecule has 1 aliphatic heterocycles. The second-order valence-electron chi connectivity index (χ2n) is 5.78. The van der Waals surface area contributed by atoms with E-state index in [-0.39, 0.29) is 6.04 Å². The average Bonchev–Trinajstić information content (AvgIpc) is 2.96. The van der Waals surface area contributed by atoms with E-state index in [0.717, 1.165) is 31.2 Å². The Balaban J connectivity index is 1.91. The van der Waals surface area contributed by atoms with Gasteiger partial charge in [-0.1, -0.05) is 18.5 Å². The first-order chi connectivity index (χ1) is 10.6. The average molecular weight is 319 g/mol. The van der Waals surface area contributed by atoms with Crippen LogP contribution in [0.1, 0.15) is 43.0 Å². The van der Waals surface area contributed by atoms with Crippen LogP contribution in [-0.4, -0.2) is 34.2 Å². The van der Waals surface area contributed by atoms with Gasteiger partial charge in [-0.25, -0.2) is 0 Å². The van der Waals surface area contributed by atoms with E-state index < -0.39 is 11.7 Å². The predicted molar refractivity (Wildman–Crippen MR) is 87.3 cm³/mol. The number of halogens is 1. The molecule has 0 saturated carbocycles. The van der Waals surface area contributed by atoms with Gasteiger partial charge in [-0.05, 0) is 43.9 Å². The molecule has 2 heterocycles. The predicted octanol–water partition coefficient (Wildman–Crippen LogP) is 3.80. The molecule has 1 amide bonds. The van der Waals surface area contributed by atoms with Crippen LogP contribution in [0.2, 0.25) is 5.02 Å². The highest BCUT2D eigenvalue weighted by Crippen LogP contribution is 2.25. The fourth-order valence-corrected chi connectivity index (χ4v) is 3.39. The van der Waals surface area contributed by atoms with Gasteiger partial charge in [0.2, 0.25) is 0 Å². The molecule has 5 heteroatoms. The number of rotatable bonds is 3. The van der Waals surface area contributed by atoms with Gasteiger partial charge in [-0.2, -0.15) is 0 Å². The minimum Gasteiger partial charge on any atom is -0.360 e. The molecule has 0 bridgehead atoms. The molecule has 2 aromatic rings. The number of amides is 1. The smallest absolute Gasteiger partial charge is 0.295 e. The van der Waals surface area contributed by atoms with Crippen molar-refractivity contribution < 1.29 is 9.59 Å². The second kappa shape index (κ2) is 6.13. The Hall–Kier alpha value is -1.81. The maximum atomic E-state index is 12.6. The number of Topliss-reactive ketones (excluding diaryl/α,β-unsaturated/α-hetero) is 1. The van der Waals surface area contributed by atoms with E-state index >= 15 is 0 Å². The van der Waals surface area contributed by atoms with E-state index in [2.05, 4.69) is 11.9 Å². The molecule has 0 radical (unpaired) electrons. The molecule has 0 aliphatic carbocycles. The van der Waals surface area contributed by atoms with Gasteiger partial charge in [-0.3, -0.25) is 9.59 Å². The van der Waals surface area contributed by atoms with E-state index in [1.807, 2.05) is 6.07 Å². The lowest BCUT2D eigenvalue weighted by Crippen LogP contribution is -2.46. The maximum Gasteiger partial charge on any atom is 0.295 e. The van der Waals surface area contributed by atoms with Crippen molar-refractivity contribution in [3.8, 4) is 0 Å². The van der Waals surface area contributed by atoms with Gasteiger partial charge in [0.1, 0.15) is 0 Å². The van der Waals surface area contributed by atoms with Crippen LogP contribution in [-0.2, 0) is 4.79 Å². The first kappa shape index (κ1) is 15.1. The lowest BCUT2D eigenvalue weighted by molar-refractivity contribution is -0.130. The summed E-state index contributed by atoms with van der Waals surface area (Å²) in [7, 11) is 0. The van der Waals surface area contributed by atoms with E-state index in [0.29, 0.717) is 22.5 Å². The zero-order valence-electron chi connectivity index (χ0n) is 12.6. The standard InChI is InChI=1S/C17H19ClN2O2/c1-2-12-5-3-4-8-20(12)17(22)16(21)14-10-19-15-7-6-11(18)9-13(14)15/h6-7,9-10,12,19H,2-5,8H2,1H3. The van der Waals surface area contributed by atoms with E-state index in [9.17, 15) is 9.59 Å². The zero-order chi connectivity index (χ0) is 15.7. The van der Waals surface area contributed by atoms with E-state index in [1.165, 1.54) is 0 Å². The third kappa shape index (κ3) is 2.63. The molecule has 4 nitrogen and oxygen atoms in total. The molecule has 1 aromatic heterocycles. The van der Waals surface area contributed by atoms with Crippen molar-refractivity contribution in [3.05, 3.63) is 35.0 Å². The number of nitrogens with one attached hydrogen (secondary N) is 1. The number of nitrogens with zero attached hydrogens (tertiary/aromatic N) is 1.